The van der Waals surface area contributed by atoms with Gasteiger partial charge >= 0.3 is 39.5 Å². The van der Waals surface area contributed by atoms with Crippen LogP contribution in [0.3, 0.4) is 0 Å². The van der Waals surface area contributed by atoms with Crippen LogP contribution in [0.4, 0.5) is 0 Å². The van der Waals surface area contributed by atoms with Gasteiger partial charge in [-0.15, -0.1) is 0 Å². The molecule has 3 N–H and O–H groups in total. The molecule has 17 nitrogen and oxygen atoms in total. The van der Waals surface area contributed by atoms with Gasteiger partial charge in [0.15, 0.2) is 12.2 Å². The van der Waals surface area contributed by atoms with Crippen LogP contribution in [0.15, 0.2) is 0 Å². The first-order chi connectivity index (χ1) is 50.4. The second-order valence-corrected chi connectivity index (χ2v) is 34.2. The van der Waals surface area contributed by atoms with Gasteiger partial charge in [0.1, 0.15) is 19.3 Å². The highest BCUT2D eigenvalue weighted by Crippen LogP contribution is 2.45. The molecule has 3 unspecified atom stereocenters. The second kappa shape index (κ2) is 76.4. The lowest BCUT2D eigenvalue weighted by atomic mass is 9.99. The van der Waals surface area contributed by atoms with E-state index in [0.717, 1.165) is 115 Å². The fraction of sp³-hybridized carbons (Fsp3) is 0.953. The monoisotopic (exact) mass is 1520 g/mol. The SMILES string of the molecule is CCCCCCCCCCCCCCCCCCCCCCC(=O)O[C@H](COC(=O)CCCCCCCCCCCCCCCCCCC(C)C)COP(=O)(O)OC[C@@H](O)COP(=O)(O)OC[C@@H](COC(=O)CCCCCCCCC)OC(=O)CCCCCCCCCCCCCCCCC(C)CC. The number of unbranched alkanes of at least 4 members (excludes halogenated alkanes) is 53. The predicted molar refractivity (Wildman–Crippen MR) is 428 cm³/mol. The van der Waals surface area contributed by atoms with Gasteiger partial charge in [-0.1, -0.05) is 401 Å². The summed E-state index contributed by atoms with van der Waals surface area (Å²) in [7, 11) is -9.92. The maximum atomic E-state index is 13.1. The zero-order valence-electron chi connectivity index (χ0n) is 68.3. The van der Waals surface area contributed by atoms with Crippen LogP contribution in [0.5, 0.6) is 0 Å². The lowest BCUT2D eigenvalue weighted by molar-refractivity contribution is -0.161. The maximum Gasteiger partial charge on any atom is 0.472 e. The fourth-order valence-electron chi connectivity index (χ4n) is 13.2. The molecule has 0 radical (unpaired) electrons. The Labute approximate surface area is 638 Å². The number of carbonyl (C=O) groups is 4. The Hall–Kier alpha value is -1.94. The van der Waals surface area contributed by atoms with Crippen LogP contribution in [0.25, 0.3) is 0 Å². The van der Waals surface area contributed by atoms with Gasteiger partial charge in [-0.2, -0.15) is 0 Å². The Bertz CT molecular complexity index is 2000. The van der Waals surface area contributed by atoms with Crippen molar-refractivity contribution in [2.75, 3.05) is 39.6 Å². The Kier molecular flexibility index (Phi) is 75.0. The second-order valence-electron chi connectivity index (χ2n) is 31.3. The van der Waals surface area contributed by atoms with Gasteiger partial charge in [-0.25, -0.2) is 9.13 Å². The van der Waals surface area contributed by atoms with Crippen LogP contribution < -0.4 is 0 Å². The van der Waals surface area contributed by atoms with E-state index in [2.05, 4.69) is 41.5 Å². The topological polar surface area (TPSA) is 237 Å². The number of carbonyl (C=O) groups excluding carboxylic acids is 4. The Balaban J connectivity index is 5.17. The molecule has 0 fully saturated rings. The summed E-state index contributed by atoms with van der Waals surface area (Å²) < 4.78 is 68.7. The van der Waals surface area contributed by atoms with E-state index in [-0.39, 0.29) is 25.7 Å². The standard InChI is InChI=1S/C85H166O17P2/c1-7-10-12-14-16-17-18-19-20-21-22-23-24-29-35-40-45-51-57-63-70-85(90)102-81(74-96-83(88)68-62-56-50-44-39-34-28-26-25-27-32-37-42-48-53-59-65-77(4)5)76-100-104(93,94)98-72-79(86)71-97-103(91,92)99-75-80(73-95-82(87)67-61-55-47-15-13-11-8-2)101-84(89)69-64-58-52-46-41-36-31-30-33-38-43-49-54-60-66-78(6)9-3/h77-81,86H,7-76H2,1-6H3,(H,91,92)(H,93,94)/t78?,79-,80+,81+/m0/s1. The molecule has 0 amide bonds. The summed E-state index contributed by atoms with van der Waals surface area (Å²) in [5, 5.41) is 10.7. The van der Waals surface area contributed by atoms with Crippen molar-refractivity contribution in [3.8, 4) is 0 Å². The first kappa shape index (κ1) is 102. The highest BCUT2D eigenvalue weighted by Gasteiger charge is 2.30. The van der Waals surface area contributed by atoms with E-state index in [1.165, 1.54) is 257 Å². The van der Waals surface area contributed by atoms with Crippen molar-refractivity contribution >= 4 is 39.5 Å². The summed E-state index contributed by atoms with van der Waals surface area (Å²) in [4.78, 5) is 73.0. The van der Waals surface area contributed by atoms with Crippen molar-refractivity contribution < 1.29 is 80.2 Å². The maximum absolute atomic E-state index is 13.1. The molecule has 0 aromatic heterocycles. The van der Waals surface area contributed by atoms with Gasteiger partial charge in [0.2, 0.25) is 0 Å². The van der Waals surface area contributed by atoms with Gasteiger partial charge in [-0.3, -0.25) is 37.3 Å². The normalized spacial score (nSPS) is 14.1. The predicted octanol–water partition coefficient (Wildman–Crippen LogP) is 25.8. The minimum Gasteiger partial charge on any atom is -0.462 e. The number of aliphatic hydroxyl groups is 1. The molecule has 0 aliphatic rings. The number of aliphatic hydroxyl groups excluding tert-OH is 1. The zero-order chi connectivity index (χ0) is 76.4. The van der Waals surface area contributed by atoms with E-state index in [9.17, 15) is 43.2 Å². The number of rotatable bonds is 84. The average Bonchev–Trinajstić information content (AvgIpc) is 0.906. The van der Waals surface area contributed by atoms with Gasteiger partial charge in [0.25, 0.3) is 0 Å². The van der Waals surface area contributed by atoms with E-state index in [4.69, 9.17) is 37.0 Å². The van der Waals surface area contributed by atoms with Crippen molar-refractivity contribution in [3.05, 3.63) is 0 Å². The molecular formula is C85H166O17P2. The van der Waals surface area contributed by atoms with Crippen LogP contribution in [0.1, 0.15) is 452 Å². The molecule has 19 heteroatoms. The third-order valence-corrected chi connectivity index (χ3v) is 22.2. The molecule has 0 heterocycles. The minimum atomic E-state index is -4.96. The van der Waals surface area contributed by atoms with E-state index in [1.54, 1.807) is 0 Å². The molecular weight excluding hydrogens is 1350 g/mol. The summed E-state index contributed by atoms with van der Waals surface area (Å²) >= 11 is 0. The summed E-state index contributed by atoms with van der Waals surface area (Å²) in [6, 6.07) is 0. The number of esters is 4. The number of phosphoric ester groups is 2. The zero-order valence-corrected chi connectivity index (χ0v) is 70.1. The van der Waals surface area contributed by atoms with Gasteiger partial charge in [-0.05, 0) is 37.5 Å². The van der Waals surface area contributed by atoms with Crippen LogP contribution in [-0.4, -0.2) is 96.7 Å². The third kappa shape index (κ3) is 76.8. The number of hydrogen-bond acceptors (Lipinski definition) is 15. The Morgan fingerprint density at radius 2 is 0.490 bits per heavy atom. The lowest BCUT2D eigenvalue weighted by Crippen LogP contribution is -2.30. The molecule has 0 saturated heterocycles. The fourth-order valence-corrected chi connectivity index (χ4v) is 14.8. The Morgan fingerprint density at radius 1 is 0.279 bits per heavy atom. The largest absolute Gasteiger partial charge is 0.472 e. The van der Waals surface area contributed by atoms with Gasteiger partial charge < -0.3 is 33.8 Å². The third-order valence-electron chi connectivity index (χ3n) is 20.3. The quantitative estimate of drug-likeness (QED) is 0.0222. The molecule has 0 spiro atoms. The molecule has 0 aliphatic heterocycles. The van der Waals surface area contributed by atoms with Gasteiger partial charge in [0, 0.05) is 25.7 Å². The van der Waals surface area contributed by atoms with Crippen molar-refractivity contribution in [3.63, 3.8) is 0 Å². The number of hydrogen-bond donors (Lipinski definition) is 3. The van der Waals surface area contributed by atoms with E-state index in [1.807, 2.05) is 0 Å². The molecule has 618 valence electrons. The molecule has 0 aromatic carbocycles. The molecule has 104 heavy (non-hydrogen) atoms. The number of ether oxygens (including phenoxy) is 4. The van der Waals surface area contributed by atoms with Crippen LogP contribution in [0.2, 0.25) is 0 Å². The van der Waals surface area contributed by atoms with Crippen LogP contribution in [0, 0.1) is 11.8 Å². The molecule has 0 rings (SSSR count). The first-order valence-electron chi connectivity index (χ1n) is 44.0. The summed E-state index contributed by atoms with van der Waals surface area (Å²) in [6.45, 7) is 9.71. The van der Waals surface area contributed by atoms with E-state index < -0.39 is 97.5 Å². The summed E-state index contributed by atoms with van der Waals surface area (Å²) in [6.07, 6.45) is 68.2. The van der Waals surface area contributed by atoms with Crippen molar-refractivity contribution in [1.82, 2.24) is 0 Å². The molecule has 0 aliphatic carbocycles. The lowest BCUT2D eigenvalue weighted by Gasteiger charge is -2.21. The molecule has 0 bridgehead atoms. The molecule has 0 aromatic rings. The van der Waals surface area contributed by atoms with Crippen LogP contribution in [-0.2, 0) is 65.4 Å². The van der Waals surface area contributed by atoms with Gasteiger partial charge in [0.05, 0.1) is 26.4 Å². The summed E-state index contributed by atoms with van der Waals surface area (Å²) in [5.41, 5.74) is 0. The number of phosphoric acid groups is 2. The minimum absolute atomic E-state index is 0.108. The molecule has 6 atom stereocenters. The van der Waals surface area contributed by atoms with Crippen molar-refractivity contribution in [2.45, 2.75) is 471 Å². The highest BCUT2D eigenvalue weighted by atomic mass is 31.2. The first-order valence-corrected chi connectivity index (χ1v) is 47.0. The van der Waals surface area contributed by atoms with Crippen LogP contribution >= 0.6 is 15.6 Å². The molecule has 0 saturated carbocycles. The highest BCUT2D eigenvalue weighted by molar-refractivity contribution is 7.47. The van der Waals surface area contributed by atoms with Crippen molar-refractivity contribution in [1.29, 1.82) is 0 Å². The van der Waals surface area contributed by atoms with E-state index in [0.29, 0.717) is 25.7 Å². The van der Waals surface area contributed by atoms with E-state index >= 15 is 0 Å². The Morgan fingerprint density at radius 3 is 0.731 bits per heavy atom. The summed E-state index contributed by atoms with van der Waals surface area (Å²) in [5.74, 6) is -0.449. The average molecular weight is 1520 g/mol. The van der Waals surface area contributed by atoms with Crippen molar-refractivity contribution in [2.24, 2.45) is 11.8 Å². The smallest absolute Gasteiger partial charge is 0.462 e.